The number of aromatic nitrogens is 2. The van der Waals surface area contributed by atoms with Crippen LogP contribution in [0.3, 0.4) is 0 Å². The van der Waals surface area contributed by atoms with Crippen LogP contribution in [0.15, 0.2) is 42.5 Å². The Morgan fingerprint density at radius 1 is 1.09 bits per heavy atom. The molecule has 4 rings (SSSR count). The number of likely N-dealkylation sites (tertiary alicyclic amines) is 1. The van der Waals surface area contributed by atoms with Gasteiger partial charge < -0.3 is 30.3 Å². The number of carbonyl (C=O) groups is 1. The summed E-state index contributed by atoms with van der Waals surface area (Å²) in [5, 5.41) is 4.30. The molecule has 35 heavy (non-hydrogen) atoms. The van der Waals surface area contributed by atoms with Gasteiger partial charge in [0.1, 0.15) is 11.6 Å². The van der Waals surface area contributed by atoms with E-state index in [9.17, 15) is 4.79 Å². The molecule has 2 aromatic carbocycles. The van der Waals surface area contributed by atoms with E-state index in [1.54, 1.807) is 39.3 Å². The highest BCUT2D eigenvalue weighted by molar-refractivity contribution is 5.90. The van der Waals surface area contributed by atoms with Crippen LogP contribution in [0.4, 0.5) is 10.6 Å². The van der Waals surface area contributed by atoms with Crippen molar-refractivity contribution in [1.29, 1.82) is 0 Å². The van der Waals surface area contributed by atoms with Crippen LogP contribution in [0.5, 0.6) is 11.5 Å². The van der Waals surface area contributed by atoms with Crippen LogP contribution in [-0.2, 0) is 12.0 Å². The monoisotopic (exact) mass is 478 g/mol. The summed E-state index contributed by atoms with van der Waals surface area (Å²) < 4.78 is 10.8. The molecule has 1 saturated heterocycles. The lowest BCUT2D eigenvalue weighted by atomic mass is 9.72. The molecule has 1 aliphatic rings. The average Bonchev–Trinajstić information content (AvgIpc) is 2.88. The number of carbonyl (C=O) groups excluding carboxylic acids is 1. The fraction of sp³-hybridized carbons (Fsp3) is 0.423. The molecule has 3 N–H and O–H groups in total. The number of benzene rings is 2. The predicted octanol–water partition coefficient (Wildman–Crippen LogP) is 3.03. The first-order valence-corrected chi connectivity index (χ1v) is 11.8. The van der Waals surface area contributed by atoms with E-state index in [4.69, 9.17) is 20.2 Å². The molecular formula is C26H34N6O3. The molecule has 2 heterocycles. The summed E-state index contributed by atoms with van der Waals surface area (Å²) in [5.41, 5.74) is 8.16. The zero-order valence-corrected chi connectivity index (χ0v) is 20.9. The van der Waals surface area contributed by atoms with Gasteiger partial charge in [-0.25, -0.2) is 14.8 Å². The molecular weight excluding hydrogens is 444 g/mol. The van der Waals surface area contributed by atoms with Crippen LogP contribution in [0.2, 0.25) is 0 Å². The second kappa shape index (κ2) is 10.4. The fourth-order valence-corrected chi connectivity index (χ4v) is 4.79. The minimum atomic E-state index is -0.0800. The van der Waals surface area contributed by atoms with Gasteiger partial charge in [-0.1, -0.05) is 30.3 Å². The Kier molecular flexibility index (Phi) is 7.25. The van der Waals surface area contributed by atoms with Gasteiger partial charge in [0.2, 0.25) is 0 Å². The summed E-state index contributed by atoms with van der Waals surface area (Å²) in [5.74, 6) is 2.20. The topological polar surface area (TPSA) is 106 Å². The second-order valence-electron chi connectivity index (χ2n) is 9.16. The van der Waals surface area contributed by atoms with Crippen molar-refractivity contribution in [2.45, 2.75) is 24.8 Å². The summed E-state index contributed by atoms with van der Waals surface area (Å²) in [4.78, 5) is 25.2. The van der Waals surface area contributed by atoms with Crippen molar-refractivity contribution < 1.29 is 14.3 Å². The van der Waals surface area contributed by atoms with Gasteiger partial charge in [-0.2, -0.15) is 0 Å². The molecule has 2 amide bonds. The molecule has 0 spiro atoms. The number of hydrogen-bond acceptors (Lipinski definition) is 7. The number of urea groups is 1. The first-order chi connectivity index (χ1) is 16.9. The number of rotatable bonds is 7. The fourth-order valence-electron chi connectivity index (χ4n) is 4.79. The van der Waals surface area contributed by atoms with Gasteiger partial charge in [0.25, 0.3) is 0 Å². The molecule has 0 aliphatic carbocycles. The maximum Gasteiger partial charge on any atom is 0.319 e. The number of anilines is 1. The maximum atomic E-state index is 12.5. The van der Waals surface area contributed by atoms with E-state index in [-0.39, 0.29) is 11.4 Å². The number of ether oxygens (including phenoxy) is 2. The van der Waals surface area contributed by atoms with Gasteiger partial charge in [0.15, 0.2) is 11.5 Å². The van der Waals surface area contributed by atoms with Gasteiger partial charge >= 0.3 is 6.03 Å². The first kappa shape index (κ1) is 24.5. The third-order valence-corrected chi connectivity index (χ3v) is 6.78. The van der Waals surface area contributed by atoms with Gasteiger partial charge in [0.05, 0.1) is 26.3 Å². The van der Waals surface area contributed by atoms with Crippen molar-refractivity contribution in [1.82, 2.24) is 25.1 Å². The van der Waals surface area contributed by atoms with Crippen LogP contribution >= 0.6 is 0 Å². The number of fused-ring (bicyclic) bond motifs is 1. The minimum Gasteiger partial charge on any atom is -0.493 e. The molecule has 1 fully saturated rings. The number of nitrogen functional groups attached to an aromatic ring is 1. The van der Waals surface area contributed by atoms with E-state index < -0.39 is 0 Å². The summed E-state index contributed by atoms with van der Waals surface area (Å²) in [6.45, 7) is 2.65. The van der Waals surface area contributed by atoms with Crippen LogP contribution in [-0.4, -0.2) is 73.7 Å². The molecule has 9 nitrogen and oxygen atoms in total. The molecule has 1 aromatic heterocycles. The Balaban J connectivity index is 1.51. The summed E-state index contributed by atoms with van der Waals surface area (Å²) in [6.07, 6.45) is 1.75. The van der Waals surface area contributed by atoms with Gasteiger partial charge in [0, 0.05) is 50.6 Å². The molecule has 0 atom stereocenters. The van der Waals surface area contributed by atoms with Crippen molar-refractivity contribution in [2.75, 3.05) is 53.7 Å². The molecule has 1 aliphatic heterocycles. The SMILES string of the molecule is COc1cc2nc(CNCC3(c4ccccc4)CCN(C(=O)N(C)C)CC3)nc(N)c2cc1OC. The number of amides is 2. The molecule has 3 aromatic rings. The van der Waals surface area contributed by atoms with Crippen molar-refractivity contribution in [3.05, 3.63) is 53.9 Å². The third kappa shape index (κ3) is 5.09. The predicted molar refractivity (Wildman–Crippen MR) is 137 cm³/mol. The normalized spacial score (nSPS) is 15.1. The van der Waals surface area contributed by atoms with E-state index in [0.717, 1.165) is 24.8 Å². The maximum absolute atomic E-state index is 12.5. The Morgan fingerprint density at radius 2 is 1.74 bits per heavy atom. The van der Waals surface area contributed by atoms with Crippen LogP contribution in [0, 0.1) is 0 Å². The molecule has 9 heteroatoms. The van der Waals surface area contributed by atoms with Crippen molar-refractivity contribution in [3.63, 3.8) is 0 Å². The number of methoxy groups -OCH3 is 2. The van der Waals surface area contributed by atoms with Crippen molar-refractivity contribution in [2.24, 2.45) is 0 Å². The molecule has 0 bridgehead atoms. The standard InChI is InChI=1S/C26H34N6O3/c1-31(2)25(33)32-12-10-26(11-13-32,18-8-6-5-7-9-18)17-28-16-23-29-20-15-22(35-4)21(34-3)14-19(20)24(27)30-23/h5-9,14-15,28H,10-13,16-17H2,1-4H3,(H2,27,29,30). The lowest BCUT2D eigenvalue weighted by Gasteiger charge is -2.43. The summed E-state index contributed by atoms with van der Waals surface area (Å²) in [7, 11) is 6.77. The van der Waals surface area contributed by atoms with Gasteiger partial charge in [-0.05, 0) is 24.5 Å². The summed E-state index contributed by atoms with van der Waals surface area (Å²) in [6, 6.07) is 14.2. The first-order valence-electron chi connectivity index (χ1n) is 11.8. The highest BCUT2D eigenvalue weighted by Gasteiger charge is 2.37. The zero-order chi connectivity index (χ0) is 25.0. The number of nitrogens with one attached hydrogen (secondary N) is 1. The number of piperidine rings is 1. The molecule has 0 unspecified atom stereocenters. The zero-order valence-electron chi connectivity index (χ0n) is 20.9. The quantitative estimate of drug-likeness (QED) is 0.538. The molecule has 186 valence electrons. The van der Waals surface area contributed by atoms with E-state index >= 15 is 0 Å². The van der Waals surface area contributed by atoms with Crippen LogP contribution < -0.4 is 20.5 Å². The Bertz CT molecular complexity index is 1180. The van der Waals surface area contributed by atoms with Crippen LogP contribution in [0.1, 0.15) is 24.2 Å². The largest absolute Gasteiger partial charge is 0.493 e. The average molecular weight is 479 g/mol. The molecule has 0 saturated carbocycles. The molecule has 0 radical (unpaired) electrons. The highest BCUT2D eigenvalue weighted by atomic mass is 16.5. The lowest BCUT2D eigenvalue weighted by molar-refractivity contribution is 0.135. The Morgan fingerprint density at radius 3 is 2.37 bits per heavy atom. The second-order valence-corrected chi connectivity index (χ2v) is 9.16. The van der Waals surface area contributed by atoms with Crippen molar-refractivity contribution >= 4 is 22.8 Å². The van der Waals surface area contributed by atoms with E-state index in [0.29, 0.717) is 48.3 Å². The van der Waals surface area contributed by atoms with Gasteiger partial charge in [-0.15, -0.1) is 0 Å². The van der Waals surface area contributed by atoms with Crippen molar-refractivity contribution in [3.8, 4) is 11.5 Å². The number of nitrogens with zero attached hydrogens (tertiary/aromatic N) is 4. The Hall–Kier alpha value is -3.59. The van der Waals surface area contributed by atoms with E-state index in [1.807, 2.05) is 17.0 Å². The number of hydrogen-bond donors (Lipinski definition) is 2. The summed E-state index contributed by atoms with van der Waals surface area (Å²) >= 11 is 0. The highest BCUT2D eigenvalue weighted by Crippen LogP contribution is 2.36. The Labute approximate surface area is 206 Å². The minimum absolute atomic E-state index is 0.0618. The smallest absolute Gasteiger partial charge is 0.319 e. The lowest BCUT2D eigenvalue weighted by Crippen LogP contribution is -2.51. The van der Waals surface area contributed by atoms with Crippen LogP contribution in [0.25, 0.3) is 10.9 Å². The van der Waals surface area contributed by atoms with Gasteiger partial charge in [-0.3, -0.25) is 0 Å². The van der Waals surface area contributed by atoms with E-state index in [1.165, 1.54) is 5.56 Å². The van der Waals surface area contributed by atoms with E-state index in [2.05, 4.69) is 34.6 Å². The number of nitrogens with two attached hydrogens (primary N) is 1. The third-order valence-electron chi connectivity index (χ3n) is 6.78.